The highest BCUT2D eigenvalue weighted by Gasteiger charge is 2.62. The molecule has 1 aromatic carbocycles. The molecule has 1 atom stereocenters. The molecule has 0 aliphatic heterocycles. The molecule has 0 bridgehead atoms. The van der Waals surface area contributed by atoms with E-state index in [0.29, 0.717) is 3.57 Å². The average Bonchev–Trinajstić information content (AvgIpc) is 2.33. The van der Waals surface area contributed by atoms with Crippen molar-refractivity contribution in [3.8, 4) is 0 Å². The summed E-state index contributed by atoms with van der Waals surface area (Å²) in [6, 6.07) is 4.53. The lowest BCUT2D eigenvalue weighted by Crippen LogP contribution is -2.52. The Kier molecular flexibility index (Phi) is 5.39. The van der Waals surface area contributed by atoms with Gasteiger partial charge in [-0.05, 0) is 46.9 Å². The zero-order valence-corrected chi connectivity index (χ0v) is 13.1. The molecule has 0 heterocycles. The van der Waals surface area contributed by atoms with Gasteiger partial charge in [0, 0.05) is 3.57 Å². The molecule has 0 amide bonds. The van der Waals surface area contributed by atoms with E-state index in [0.717, 1.165) is 12.1 Å². The van der Waals surface area contributed by atoms with E-state index in [9.17, 15) is 39.7 Å². The van der Waals surface area contributed by atoms with E-state index in [1.165, 1.54) is 12.1 Å². The first-order chi connectivity index (χ1) is 9.76. The molecule has 1 aromatic rings. The van der Waals surface area contributed by atoms with Crippen molar-refractivity contribution < 1.29 is 44.5 Å². The SMILES string of the molecule is O=C(OC(C(F)(F)F)C(F)(F)S(=O)(=O)[O-])c1ccc(I)cc1. The number of esters is 1. The predicted molar refractivity (Wildman–Crippen MR) is 69.1 cm³/mol. The molecule has 1 rings (SSSR count). The van der Waals surface area contributed by atoms with E-state index in [1.54, 1.807) is 0 Å². The topological polar surface area (TPSA) is 83.5 Å². The fraction of sp³-hybridized carbons (Fsp3) is 0.300. The van der Waals surface area contributed by atoms with Crippen LogP contribution in [0.3, 0.4) is 0 Å². The second-order valence-electron chi connectivity index (χ2n) is 3.85. The van der Waals surface area contributed by atoms with Crippen LogP contribution in [0.4, 0.5) is 22.0 Å². The third kappa shape index (κ3) is 4.25. The number of hydrogen-bond acceptors (Lipinski definition) is 5. The van der Waals surface area contributed by atoms with E-state index in [2.05, 4.69) is 4.74 Å². The summed E-state index contributed by atoms with van der Waals surface area (Å²) in [7, 11) is -6.70. The number of alkyl halides is 5. The van der Waals surface area contributed by atoms with Crippen molar-refractivity contribution in [2.75, 3.05) is 0 Å². The quantitative estimate of drug-likeness (QED) is 0.299. The van der Waals surface area contributed by atoms with Crippen LogP contribution in [0.25, 0.3) is 0 Å². The first kappa shape index (κ1) is 19.0. The maximum atomic E-state index is 13.1. The molecule has 0 spiro atoms. The number of hydrogen-bond donors (Lipinski definition) is 0. The maximum absolute atomic E-state index is 13.1. The summed E-state index contributed by atoms with van der Waals surface area (Å²) in [6.07, 6.45) is -10.4. The number of rotatable bonds is 4. The standard InChI is InChI=1S/C10H6F5IO5S/c11-9(12,13)8(10(14,15)22(18,19)20)21-7(17)5-1-3-6(16)4-2-5/h1-4,8H,(H,18,19,20)/p-1. The van der Waals surface area contributed by atoms with Gasteiger partial charge in [0.2, 0.25) is 0 Å². The number of carbonyl (C=O) groups excluding carboxylic acids is 1. The van der Waals surface area contributed by atoms with Crippen LogP contribution >= 0.6 is 22.6 Å². The van der Waals surface area contributed by atoms with Gasteiger partial charge >= 0.3 is 17.4 Å². The van der Waals surface area contributed by atoms with Gasteiger partial charge in [-0.25, -0.2) is 13.2 Å². The molecule has 0 fully saturated rings. The highest BCUT2D eigenvalue weighted by atomic mass is 127. The molecule has 124 valence electrons. The Morgan fingerprint density at radius 2 is 1.59 bits per heavy atom. The summed E-state index contributed by atoms with van der Waals surface area (Å²) in [5.74, 6) is -1.85. The lowest BCUT2D eigenvalue weighted by atomic mass is 10.2. The Bertz CT molecular complexity index is 655. The van der Waals surface area contributed by atoms with Crippen LogP contribution in [0.2, 0.25) is 0 Å². The van der Waals surface area contributed by atoms with E-state index in [1.807, 2.05) is 22.6 Å². The first-order valence-corrected chi connectivity index (χ1v) is 7.62. The average molecular weight is 459 g/mol. The molecule has 5 nitrogen and oxygen atoms in total. The van der Waals surface area contributed by atoms with E-state index in [-0.39, 0.29) is 0 Å². The van der Waals surface area contributed by atoms with Gasteiger partial charge in [0.1, 0.15) is 0 Å². The number of carbonyl (C=O) groups is 1. The molecular formula is C10H5F5IO5S-. The van der Waals surface area contributed by atoms with Crippen molar-refractivity contribution in [3.63, 3.8) is 0 Å². The fourth-order valence-electron chi connectivity index (χ4n) is 1.22. The molecule has 0 N–H and O–H groups in total. The molecule has 0 saturated carbocycles. The predicted octanol–water partition coefficient (Wildman–Crippen LogP) is 2.52. The number of benzene rings is 1. The molecule has 22 heavy (non-hydrogen) atoms. The summed E-state index contributed by atoms with van der Waals surface area (Å²) in [5, 5.41) is -5.86. The lowest BCUT2D eigenvalue weighted by molar-refractivity contribution is -0.248. The summed E-state index contributed by atoms with van der Waals surface area (Å²) in [6.45, 7) is 0. The summed E-state index contributed by atoms with van der Waals surface area (Å²) in [5.41, 5.74) is -0.520. The van der Waals surface area contributed by atoms with Gasteiger partial charge in [0.05, 0.1) is 5.56 Å². The molecule has 0 radical (unpaired) electrons. The fourth-order valence-corrected chi connectivity index (χ4v) is 2.02. The van der Waals surface area contributed by atoms with Gasteiger partial charge in [0.25, 0.3) is 6.10 Å². The molecule has 0 saturated heterocycles. The van der Waals surface area contributed by atoms with Crippen LogP contribution in [0.5, 0.6) is 0 Å². The minimum Gasteiger partial charge on any atom is -0.743 e. The van der Waals surface area contributed by atoms with Crippen molar-refractivity contribution in [3.05, 3.63) is 33.4 Å². The Labute approximate surface area is 134 Å². The number of ether oxygens (including phenoxy) is 1. The van der Waals surface area contributed by atoms with Crippen molar-refractivity contribution in [2.24, 2.45) is 0 Å². The van der Waals surface area contributed by atoms with Crippen molar-refractivity contribution >= 4 is 38.7 Å². The van der Waals surface area contributed by atoms with Crippen molar-refractivity contribution in [1.82, 2.24) is 0 Å². The van der Waals surface area contributed by atoms with Crippen LogP contribution in [0, 0.1) is 3.57 Å². The zero-order chi connectivity index (χ0) is 17.3. The smallest absolute Gasteiger partial charge is 0.432 e. The summed E-state index contributed by atoms with van der Waals surface area (Å²) in [4.78, 5) is 11.4. The molecule has 0 aliphatic rings. The van der Waals surface area contributed by atoms with E-state index in [4.69, 9.17) is 0 Å². The van der Waals surface area contributed by atoms with Crippen LogP contribution in [0.1, 0.15) is 10.4 Å². The van der Waals surface area contributed by atoms with Crippen LogP contribution in [-0.4, -0.2) is 36.5 Å². The first-order valence-electron chi connectivity index (χ1n) is 5.13. The van der Waals surface area contributed by atoms with Gasteiger partial charge in [0.15, 0.2) is 10.1 Å². The second-order valence-corrected chi connectivity index (χ2v) is 6.55. The van der Waals surface area contributed by atoms with E-state index >= 15 is 0 Å². The highest BCUT2D eigenvalue weighted by Crippen LogP contribution is 2.38. The Hall–Kier alpha value is -1.02. The van der Waals surface area contributed by atoms with Crippen LogP contribution in [-0.2, 0) is 14.9 Å². The van der Waals surface area contributed by atoms with Gasteiger partial charge in [-0.2, -0.15) is 22.0 Å². The third-order valence-electron chi connectivity index (χ3n) is 2.24. The second kappa shape index (κ2) is 6.23. The lowest BCUT2D eigenvalue weighted by Gasteiger charge is -2.29. The highest BCUT2D eigenvalue weighted by molar-refractivity contribution is 14.1. The monoisotopic (exact) mass is 459 g/mol. The van der Waals surface area contributed by atoms with Crippen molar-refractivity contribution in [2.45, 2.75) is 17.5 Å². The molecule has 12 heteroatoms. The largest absolute Gasteiger partial charge is 0.743 e. The van der Waals surface area contributed by atoms with Crippen LogP contribution < -0.4 is 0 Å². The molecule has 1 unspecified atom stereocenters. The molecule has 0 aromatic heterocycles. The van der Waals surface area contributed by atoms with Crippen LogP contribution in [0.15, 0.2) is 24.3 Å². The van der Waals surface area contributed by atoms with Gasteiger partial charge < -0.3 is 9.29 Å². The van der Waals surface area contributed by atoms with Gasteiger partial charge in [-0.1, -0.05) is 0 Å². The minimum atomic E-state index is -6.70. The summed E-state index contributed by atoms with van der Waals surface area (Å²) < 4.78 is 98.9. The summed E-state index contributed by atoms with van der Waals surface area (Å²) >= 11 is 1.81. The normalized spacial score (nSPS) is 14.5. The van der Waals surface area contributed by atoms with E-state index < -0.39 is 39.2 Å². The van der Waals surface area contributed by atoms with Gasteiger partial charge in [-0.15, -0.1) is 0 Å². The zero-order valence-electron chi connectivity index (χ0n) is 10.1. The van der Waals surface area contributed by atoms with Gasteiger partial charge in [-0.3, -0.25) is 0 Å². The maximum Gasteiger partial charge on any atom is 0.432 e. The molecule has 0 aliphatic carbocycles. The molecular weight excluding hydrogens is 454 g/mol. The Balaban J connectivity index is 3.16. The Morgan fingerprint density at radius 3 is 1.95 bits per heavy atom. The van der Waals surface area contributed by atoms with Crippen molar-refractivity contribution in [1.29, 1.82) is 0 Å². The number of halogens is 6. The third-order valence-corrected chi connectivity index (χ3v) is 3.84. The Morgan fingerprint density at radius 1 is 1.14 bits per heavy atom. The minimum absolute atomic E-state index is 0.520.